The Morgan fingerprint density at radius 1 is 1.56 bits per heavy atom. The monoisotopic (exact) mass is 253 g/mol. The molecule has 1 aliphatic heterocycles. The fraction of sp³-hybridized carbons (Fsp3) is 0.571. The molecule has 1 heterocycles. The quantitative estimate of drug-likeness (QED) is 0.875. The molecule has 0 aromatic heterocycles. The van der Waals surface area contributed by atoms with Crippen molar-refractivity contribution in [2.24, 2.45) is 0 Å². The number of halogens is 1. The van der Waals surface area contributed by atoms with Crippen molar-refractivity contribution in [3.8, 4) is 5.75 Å². The molecule has 1 saturated heterocycles. The molecule has 0 radical (unpaired) electrons. The summed E-state index contributed by atoms with van der Waals surface area (Å²) in [5, 5.41) is 3.41. The van der Waals surface area contributed by atoms with Gasteiger partial charge in [0, 0.05) is 19.2 Å². The zero-order chi connectivity index (χ0) is 13.0. The van der Waals surface area contributed by atoms with E-state index in [0.717, 1.165) is 31.6 Å². The van der Waals surface area contributed by atoms with Gasteiger partial charge in [-0.15, -0.1) is 0 Å². The fourth-order valence-electron chi connectivity index (χ4n) is 2.18. The summed E-state index contributed by atoms with van der Waals surface area (Å²) in [4.78, 5) is 0. The van der Waals surface area contributed by atoms with E-state index in [9.17, 15) is 4.39 Å². The second kappa shape index (κ2) is 6.16. The van der Waals surface area contributed by atoms with Crippen LogP contribution in [-0.4, -0.2) is 26.4 Å². The molecule has 1 aliphatic rings. The molecule has 0 saturated carbocycles. The van der Waals surface area contributed by atoms with E-state index < -0.39 is 0 Å². The largest absolute Gasteiger partial charge is 0.494 e. The van der Waals surface area contributed by atoms with Crippen LogP contribution in [0.3, 0.4) is 0 Å². The van der Waals surface area contributed by atoms with E-state index in [0.29, 0.717) is 11.9 Å². The van der Waals surface area contributed by atoms with Crippen LogP contribution in [-0.2, 0) is 4.74 Å². The lowest BCUT2D eigenvalue weighted by Crippen LogP contribution is -2.28. The number of methoxy groups -OCH3 is 1. The Labute approximate surface area is 107 Å². The van der Waals surface area contributed by atoms with Gasteiger partial charge in [0.05, 0.1) is 13.2 Å². The third-order valence-corrected chi connectivity index (χ3v) is 3.35. The van der Waals surface area contributed by atoms with Crippen LogP contribution in [0.1, 0.15) is 31.4 Å². The van der Waals surface area contributed by atoms with Gasteiger partial charge in [0.15, 0.2) is 11.6 Å². The van der Waals surface area contributed by atoms with Crippen LogP contribution in [0.2, 0.25) is 0 Å². The lowest BCUT2D eigenvalue weighted by molar-refractivity contribution is 0.108. The zero-order valence-corrected chi connectivity index (χ0v) is 10.9. The van der Waals surface area contributed by atoms with Gasteiger partial charge in [0.1, 0.15) is 0 Å². The molecule has 1 aromatic carbocycles. The molecule has 0 spiro atoms. The van der Waals surface area contributed by atoms with E-state index in [2.05, 4.69) is 12.2 Å². The lowest BCUT2D eigenvalue weighted by Gasteiger charge is -2.18. The average molecular weight is 253 g/mol. The maximum Gasteiger partial charge on any atom is 0.165 e. The molecule has 2 atom stereocenters. The lowest BCUT2D eigenvalue weighted by atomic mass is 10.1. The number of ether oxygens (including phenoxy) is 2. The average Bonchev–Trinajstić information content (AvgIpc) is 2.89. The van der Waals surface area contributed by atoms with Gasteiger partial charge in [-0.3, -0.25) is 0 Å². The highest BCUT2D eigenvalue weighted by Gasteiger charge is 2.17. The van der Waals surface area contributed by atoms with E-state index in [1.807, 2.05) is 0 Å². The first-order valence-electron chi connectivity index (χ1n) is 6.39. The Bertz CT molecular complexity index is 391. The summed E-state index contributed by atoms with van der Waals surface area (Å²) in [6.45, 7) is 3.76. The Morgan fingerprint density at radius 2 is 2.39 bits per heavy atom. The topological polar surface area (TPSA) is 30.5 Å². The summed E-state index contributed by atoms with van der Waals surface area (Å²) in [6, 6.07) is 5.12. The minimum absolute atomic E-state index is 0.156. The van der Waals surface area contributed by atoms with Crippen molar-refractivity contribution in [1.29, 1.82) is 0 Å². The Morgan fingerprint density at radius 3 is 3.06 bits per heavy atom. The third kappa shape index (κ3) is 3.21. The van der Waals surface area contributed by atoms with E-state index in [-0.39, 0.29) is 11.9 Å². The Hall–Kier alpha value is -1.13. The fourth-order valence-corrected chi connectivity index (χ4v) is 2.18. The van der Waals surface area contributed by atoms with Gasteiger partial charge in [0.25, 0.3) is 0 Å². The van der Waals surface area contributed by atoms with Crippen molar-refractivity contribution >= 4 is 0 Å². The molecule has 100 valence electrons. The number of hydrogen-bond acceptors (Lipinski definition) is 3. The van der Waals surface area contributed by atoms with Crippen LogP contribution >= 0.6 is 0 Å². The molecule has 0 bridgehead atoms. The standard InChI is InChI=1S/C14H20FNO2/c1-10(16-9-12-4-3-7-18-12)11-5-6-13(15)14(8-11)17-2/h5-6,8,10,12,16H,3-4,7,9H2,1-2H3. The number of nitrogens with one attached hydrogen (secondary N) is 1. The summed E-state index contributed by atoms with van der Waals surface area (Å²) in [6.07, 6.45) is 2.58. The molecule has 0 amide bonds. The molecule has 1 N–H and O–H groups in total. The van der Waals surface area contributed by atoms with Crippen molar-refractivity contribution in [3.63, 3.8) is 0 Å². The van der Waals surface area contributed by atoms with Crippen molar-refractivity contribution < 1.29 is 13.9 Å². The van der Waals surface area contributed by atoms with Crippen LogP contribution in [0.4, 0.5) is 4.39 Å². The minimum Gasteiger partial charge on any atom is -0.494 e. The molecule has 3 nitrogen and oxygen atoms in total. The number of rotatable bonds is 5. The molecular formula is C14H20FNO2. The molecule has 4 heteroatoms. The molecular weight excluding hydrogens is 233 g/mol. The molecule has 1 aromatic rings. The van der Waals surface area contributed by atoms with Crippen molar-refractivity contribution in [3.05, 3.63) is 29.6 Å². The van der Waals surface area contributed by atoms with Gasteiger partial charge in [-0.1, -0.05) is 6.07 Å². The smallest absolute Gasteiger partial charge is 0.165 e. The van der Waals surface area contributed by atoms with Crippen molar-refractivity contribution in [1.82, 2.24) is 5.32 Å². The van der Waals surface area contributed by atoms with Crippen LogP contribution in [0.5, 0.6) is 5.75 Å². The highest BCUT2D eigenvalue weighted by atomic mass is 19.1. The third-order valence-electron chi connectivity index (χ3n) is 3.35. The van der Waals surface area contributed by atoms with E-state index in [1.165, 1.54) is 13.2 Å². The Kier molecular flexibility index (Phi) is 4.55. The summed E-state index contributed by atoms with van der Waals surface area (Å²) < 4.78 is 23.8. The first kappa shape index (κ1) is 13.3. The predicted octanol–water partition coefficient (Wildman–Crippen LogP) is 2.66. The normalized spacial score (nSPS) is 20.9. The predicted molar refractivity (Wildman–Crippen MR) is 68.3 cm³/mol. The van der Waals surface area contributed by atoms with Crippen LogP contribution in [0.15, 0.2) is 18.2 Å². The minimum atomic E-state index is -0.326. The summed E-state index contributed by atoms with van der Waals surface area (Å²) in [5.41, 5.74) is 1.02. The molecule has 18 heavy (non-hydrogen) atoms. The molecule has 2 unspecified atom stereocenters. The first-order chi connectivity index (χ1) is 8.70. The van der Waals surface area contributed by atoms with E-state index in [4.69, 9.17) is 9.47 Å². The van der Waals surface area contributed by atoms with Crippen molar-refractivity contribution in [2.45, 2.75) is 31.9 Å². The van der Waals surface area contributed by atoms with Gasteiger partial charge >= 0.3 is 0 Å². The molecule has 1 fully saturated rings. The maximum atomic E-state index is 13.3. The summed E-state index contributed by atoms with van der Waals surface area (Å²) in [5.74, 6) is -0.0363. The first-order valence-corrected chi connectivity index (χ1v) is 6.39. The molecule has 0 aliphatic carbocycles. The van der Waals surface area contributed by atoms with E-state index >= 15 is 0 Å². The van der Waals surface area contributed by atoms with Gasteiger partial charge < -0.3 is 14.8 Å². The van der Waals surface area contributed by atoms with Crippen LogP contribution < -0.4 is 10.1 Å². The van der Waals surface area contributed by atoms with Gasteiger partial charge in [0.2, 0.25) is 0 Å². The van der Waals surface area contributed by atoms with Gasteiger partial charge in [-0.2, -0.15) is 0 Å². The van der Waals surface area contributed by atoms with Crippen molar-refractivity contribution in [2.75, 3.05) is 20.3 Å². The van der Waals surface area contributed by atoms with Crippen LogP contribution in [0.25, 0.3) is 0 Å². The summed E-state index contributed by atoms with van der Waals surface area (Å²) in [7, 11) is 1.48. The second-order valence-electron chi connectivity index (χ2n) is 4.66. The number of hydrogen-bond donors (Lipinski definition) is 1. The highest BCUT2D eigenvalue weighted by molar-refractivity contribution is 5.31. The highest BCUT2D eigenvalue weighted by Crippen LogP contribution is 2.22. The van der Waals surface area contributed by atoms with Gasteiger partial charge in [-0.25, -0.2) is 4.39 Å². The van der Waals surface area contributed by atoms with Gasteiger partial charge in [-0.05, 0) is 37.5 Å². The van der Waals surface area contributed by atoms with Crippen LogP contribution in [0, 0.1) is 5.82 Å². The second-order valence-corrected chi connectivity index (χ2v) is 4.66. The molecule has 2 rings (SSSR count). The Balaban J connectivity index is 1.93. The van der Waals surface area contributed by atoms with E-state index in [1.54, 1.807) is 12.1 Å². The zero-order valence-electron chi connectivity index (χ0n) is 10.9. The number of benzene rings is 1. The summed E-state index contributed by atoms with van der Waals surface area (Å²) >= 11 is 0. The SMILES string of the molecule is COc1cc(C(C)NCC2CCCO2)ccc1F. The maximum absolute atomic E-state index is 13.3.